The summed E-state index contributed by atoms with van der Waals surface area (Å²) in [5.74, 6) is 1.86. The van der Waals surface area contributed by atoms with Crippen LogP contribution in [0.15, 0.2) is 48.5 Å². The van der Waals surface area contributed by atoms with Crippen molar-refractivity contribution >= 4 is 0 Å². The van der Waals surface area contributed by atoms with E-state index in [0.717, 1.165) is 30.9 Å². The van der Waals surface area contributed by atoms with Gasteiger partial charge in [-0.3, -0.25) is 0 Å². The second-order valence-electron chi connectivity index (χ2n) is 7.25. The Morgan fingerprint density at radius 2 is 1.89 bits per heavy atom. The second kappa shape index (κ2) is 10.3. The molecule has 0 N–H and O–H groups in total. The maximum atomic E-state index is 6.23. The van der Waals surface area contributed by atoms with Crippen molar-refractivity contribution in [2.75, 3.05) is 34.1 Å². The minimum atomic E-state index is 0.274. The number of ether oxygens (including phenoxy) is 3. The van der Waals surface area contributed by atoms with Crippen LogP contribution in [0, 0.1) is 0 Å². The van der Waals surface area contributed by atoms with Gasteiger partial charge in [-0.2, -0.15) is 0 Å². The number of rotatable bonds is 9. The maximum Gasteiger partial charge on any atom is 0.188 e. The number of benzene rings is 2. The molecule has 1 aliphatic heterocycles. The van der Waals surface area contributed by atoms with Crippen LogP contribution in [0.5, 0.6) is 11.5 Å². The Kier molecular flexibility index (Phi) is 7.55. The quantitative estimate of drug-likeness (QED) is 0.616. The van der Waals surface area contributed by atoms with Crippen LogP contribution in [0.1, 0.15) is 30.4 Å². The highest BCUT2D eigenvalue weighted by atomic mass is 16.7. The Morgan fingerprint density at radius 1 is 1.00 bits per heavy atom. The molecule has 4 nitrogen and oxygen atoms in total. The molecule has 2 aromatic carbocycles. The minimum Gasteiger partial charge on any atom is -0.492 e. The predicted octanol–water partition coefficient (Wildman–Crippen LogP) is 4.32. The van der Waals surface area contributed by atoms with Gasteiger partial charge >= 0.3 is 0 Å². The molecule has 1 aliphatic rings. The fraction of sp³-hybridized carbons (Fsp3) is 0.478. The number of aryl methyl sites for hydroxylation is 2. The second-order valence-corrected chi connectivity index (χ2v) is 7.25. The average molecular weight is 370 g/mol. The van der Waals surface area contributed by atoms with Crippen LogP contribution < -0.4 is 9.47 Å². The van der Waals surface area contributed by atoms with Crippen molar-refractivity contribution in [1.82, 2.24) is 4.90 Å². The first-order valence-corrected chi connectivity index (χ1v) is 9.88. The Bertz CT molecular complexity index is 704. The molecule has 0 spiro atoms. The molecule has 1 atom stereocenters. The molecule has 1 heterocycles. The first-order valence-electron chi connectivity index (χ1n) is 9.88. The maximum absolute atomic E-state index is 6.23. The molecule has 1 saturated heterocycles. The summed E-state index contributed by atoms with van der Waals surface area (Å²) in [7, 11) is 3.84. The van der Waals surface area contributed by atoms with E-state index in [1.165, 1.54) is 36.9 Å². The third-order valence-corrected chi connectivity index (χ3v) is 5.25. The normalized spacial score (nSPS) is 17.6. The Hall–Kier alpha value is -2.04. The summed E-state index contributed by atoms with van der Waals surface area (Å²) in [4.78, 5) is 2.43. The van der Waals surface area contributed by atoms with Crippen molar-refractivity contribution in [1.29, 1.82) is 0 Å². The molecule has 27 heavy (non-hydrogen) atoms. The molecule has 0 aliphatic carbocycles. The zero-order valence-electron chi connectivity index (χ0n) is 16.5. The van der Waals surface area contributed by atoms with Crippen molar-refractivity contribution < 1.29 is 14.2 Å². The highest BCUT2D eigenvalue weighted by Crippen LogP contribution is 2.23. The fourth-order valence-corrected chi connectivity index (χ4v) is 3.59. The first-order chi connectivity index (χ1) is 13.3. The number of likely N-dealkylation sites (N-methyl/N-ethyl adjacent to an activating group) is 1. The molecule has 146 valence electrons. The van der Waals surface area contributed by atoms with Gasteiger partial charge in [0.05, 0.1) is 0 Å². The molecule has 4 heteroatoms. The predicted molar refractivity (Wildman–Crippen MR) is 109 cm³/mol. The lowest BCUT2D eigenvalue weighted by molar-refractivity contribution is 0.0511. The average Bonchev–Trinajstić information content (AvgIpc) is 2.71. The minimum absolute atomic E-state index is 0.274. The van der Waals surface area contributed by atoms with Crippen LogP contribution in [-0.4, -0.2) is 45.0 Å². The standard InChI is InChI=1S/C23H31NO3/c1-24-15-6-5-10-21(24)17-26-23-12-4-3-9-20(23)14-13-19-8-7-11-22(16-19)27-18-25-2/h3-4,7-9,11-12,16,21H,5-6,10,13-15,17-18H2,1-2H3. The lowest BCUT2D eigenvalue weighted by Gasteiger charge is -2.32. The third kappa shape index (κ3) is 5.98. The highest BCUT2D eigenvalue weighted by molar-refractivity contribution is 5.35. The van der Waals surface area contributed by atoms with Gasteiger partial charge < -0.3 is 19.1 Å². The van der Waals surface area contributed by atoms with Crippen LogP contribution in [0.25, 0.3) is 0 Å². The van der Waals surface area contributed by atoms with E-state index in [-0.39, 0.29) is 6.79 Å². The molecule has 0 radical (unpaired) electrons. The number of methoxy groups -OCH3 is 1. The molecular weight excluding hydrogens is 338 g/mol. The largest absolute Gasteiger partial charge is 0.492 e. The van der Waals surface area contributed by atoms with Crippen molar-refractivity contribution in [2.45, 2.75) is 38.1 Å². The van der Waals surface area contributed by atoms with E-state index in [0.29, 0.717) is 6.04 Å². The van der Waals surface area contributed by atoms with E-state index in [4.69, 9.17) is 14.2 Å². The zero-order valence-corrected chi connectivity index (χ0v) is 16.5. The fourth-order valence-electron chi connectivity index (χ4n) is 3.59. The molecule has 0 bridgehead atoms. The van der Waals surface area contributed by atoms with E-state index in [1.54, 1.807) is 7.11 Å². The summed E-state index contributed by atoms with van der Waals surface area (Å²) in [5, 5.41) is 0. The molecule has 0 amide bonds. The topological polar surface area (TPSA) is 30.9 Å². The van der Waals surface area contributed by atoms with Gasteiger partial charge in [-0.25, -0.2) is 0 Å². The number of hydrogen-bond donors (Lipinski definition) is 0. The van der Waals surface area contributed by atoms with Gasteiger partial charge in [0.2, 0.25) is 0 Å². The lowest BCUT2D eigenvalue weighted by Crippen LogP contribution is -2.40. The highest BCUT2D eigenvalue weighted by Gasteiger charge is 2.19. The molecule has 1 unspecified atom stereocenters. The van der Waals surface area contributed by atoms with Crippen LogP contribution in [0.4, 0.5) is 0 Å². The number of hydrogen-bond acceptors (Lipinski definition) is 4. The molecule has 2 aromatic rings. The van der Waals surface area contributed by atoms with Crippen LogP contribution in [0.3, 0.4) is 0 Å². The number of piperidine rings is 1. The Morgan fingerprint density at radius 3 is 2.74 bits per heavy atom. The zero-order chi connectivity index (χ0) is 18.9. The van der Waals surface area contributed by atoms with Gasteiger partial charge in [-0.15, -0.1) is 0 Å². The van der Waals surface area contributed by atoms with Gasteiger partial charge in [0.15, 0.2) is 6.79 Å². The van der Waals surface area contributed by atoms with E-state index in [1.807, 2.05) is 12.1 Å². The molecule has 3 rings (SSSR count). The van der Waals surface area contributed by atoms with E-state index >= 15 is 0 Å². The number of likely N-dealkylation sites (tertiary alicyclic amines) is 1. The van der Waals surface area contributed by atoms with Crippen molar-refractivity contribution in [2.24, 2.45) is 0 Å². The van der Waals surface area contributed by atoms with E-state index in [2.05, 4.69) is 48.3 Å². The summed E-state index contributed by atoms with van der Waals surface area (Å²) in [5.41, 5.74) is 2.52. The monoisotopic (exact) mass is 369 g/mol. The van der Waals surface area contributed by atoms with Gasteiger partial charge in [-0.1, -0.05) is 36.8 Å². The van der Waals surface area contributed by atoms with Crippen molar-refractivity contribution in [3.8, 4) is 11.5 Å². The van der Waals surface area contributed by atoms with Crippen LogP contribution in [0.2, 0.25) is 0 Å². The SMILES string of the molecule is COCOc1cccc(CCc2ccccc2OCC2CCCCN2C)c1. The van der Waals surface area contributed by atoms with Gasteiger partial charge in [0, 0.05) is 13.2 Å². The summed E-state index contributed by atoms with van der Waals surface area (Å²) in [6.45, 7) is 2.22. The van der Waals surface area contributed by atoms with Crippen molar-refractivity contribution in [3.63, 3.8) is 0 Å². The lowest BCUT2D eigenvalue weighted by atomic mass is 10.0. The van der Waals surface area contributed by atoms with E-state index < -0.39 is 0 Å². The first kappa shape index (κ1) is 19.7. The van der Waals surface area contributed by atoms with Crippen molar-refractivity contribution in [3.05, 3.63) is 59.7 Å². The van der Waals surface area contributed by atoms with Crippen LogP contribution >= 0.6 is 0 Å². The van der Waals surface area contributed by atoms with Gasteiger partial charge in [0.1, 0.15) is 18.1 Å². The summed E-state index contributed by atoms with van der Waals surface area (Å²) in [6, 6.07) is 17.2. The van der Waals surface area contributed by atoms with Crippen LogP contribution in [-0.2, 0) is 17.6 Å². The summed E-state index contributed by atoms with van der Waals surface area (Å²) >= 11 is 0. The van der Waals surface area contributed by atoms with Gasteiger partial charge in [-0.05, 0) is 68.6 Å². The summed E-state index contributed by atoms with van der Waals surface area (Å²) in [6.07, 6.45) is 5.74. The molecular formula is C23H31NO3. The van der Waals surface area contributed by atoms with E-state index in [9.17, 15) is 0 Å². The smallest absolute Gasteiger partial charge is 0.188 e. The Labute approximate surface area is 163 Å². The summed E-state index contributed by atoms with van der Waals surface area (Å²) < 4.78 is 16.7. The molecule has 0 aromatic heterocycles. The third-order valence-electron chi connectivity index (χ3n) is 5.25. The van der Waals surface area contributed by atoms with Gasteiger partial charge in [0.25, 0.3) is 0 Å². The Balaban J connectivity index is 1.57. The number of para-hydroxylation sites is 1. The number of nitrogens with zero attached hydrogens (tertiary/aromatic N) is 1. The molecule has 0 saturated carbocycles. The molecule has 1 fully saturated rings.